The van der Waals surface area contributed by atoms with E-state index in [1.165, 1.54) is 0 Å². The molecule has 1 atom stereocenters. The first-order valence-corrected chi connectivity index (χ1v) is 4.70. The van der Waals surface area contributed by atoms with Gasteiger partial charge in [-0.3, -0.25) is 0 Å². The molecule has 0 N–H and O–H groups in total. The molecular weight excluding hydrogens is 198 g/mol. The molecule has 0 amide bonds. The Balaban J connectivity index is 2.50. The summed E-state index contributed by atoms with van der Waals surface area (Å²) in [4.78, 5) is 11.6. The molecule has 0 aromatic carbocycles. The zero-order chi connectivity index (χ0) is 8.97. The number of hydrogen-bond acceptors (Lipinski definition) is 4. The van der Waals surface area contributed by atoms with E-state index in [2.05, 4.69) is 4.37 Å². The zero-order valence-electron chi connectivity index (χ0n) is 6.49. The molecule has 0 aliphatic rings. The SMILES string of the molecule is CCC(Cl)OC(=O)c1ccns1. The molecule has 0 spiro atoms. The van der Waals surface area contributed by atoms with Gasteiger partial charge in [0.1, 0.15) is 4.88 Å². The molecule has 0 bridgehead atoms. The third-order valence-electron chi connectivity index (χ3n) is 1.19. The molecule has 1 aromatic rings. The summed E-state index contributed by atoms with van der Waals surface area (Å²) in [6.45, 7) is 1.84. The maximum Gasteiger partial charge on any atom is 0.351 e. The summed E-state index contributed by atoms with van der Waals surface area (Å²) in [6, 6.07) is 1.60. The number of carbonyl (C=O) groups excluding carboxylic acids is 1. The second kappa shape index (κ2) is 4.42. The van der Waals surface area contributed by atoms with Crippen molar-refractivity contribution < 1.29 is 9.53 Å². The summed E-state index contributed by atoms with van der Waals surface area (Å²) in [5.74, 6) is -0.403. The van der Waals surface area contributed by atoms with Crippen LogP contribution in [0.3, 0.4) is 0 Å². The zero-order valence-corrected chi connectivity index (χ0v) is 8.06. The van der Waals surface area contributed by atoms with Crippen molar-refractivity contribution in [1.29, 1.82) is 0 Å². The van der Waals surface area contributed by atoms with Gasteiger partial charge in [0.2, 0.25) is 0 Å². The minimum atomic E-state index is -0.542. The molecule has 5 heteroatoms. The van der Waals surface area contributed by atoms with E-state index >= 15 is 0 Å². The summed E-state index contributed by atoms with van der Waals surface area (Å²) in [5.41, 5.74) is -0.542. The van der Waals surface area contributed by atoms with Gasteiger partial charge in [0.25, 0.3) is 0 Å². The van der Waals surface area contributed by atoms with Crippen molar-refractivity contribution in [1.82, 2.24) is 4.37 Å². The maximum atomic E-state index is 11.1. The Morgan fingerprint density at radius 1 is 1.92 bits per heavy atom. The number of esters is 1. The smallest absolute Gasteiger partial charge is 0.351 e. The number of halogens is 1. The Morgan fingerprint density at radius 3 is 3.17 bits per heavy atom. The van der Waals surface area contributed by atoms with E-state index in [0.717, 1.165) is 11.5 Å². The van der Waals surface area contributed by atoms with Crippen molar-refractivity contribution >= 4 is 29.1 Å². The van der Waals surface area contributed by atoms with Crippen molar-refractivity contribution in [2.75, 3.05) is 0 Å². The Hall–Kier alpha value is -0.610. The van der Waals surface area contributed by atoms with Gasteiger partial charge in [-0.1, -0.05) is 18.5 Å². The van der Waals surface area contributed by atoms with Gasteiger partial charge in [0, 0.05) is 6.20 Å². The van der Waals surface area contributed by atoms with Crippen LogP contribution in [0.1, 0.15) is 23.0 Å². The third-order valence-corrected chi connectivity index (χ3v) is 2.32. The largest absolute Gasteiger partial charge is 0.442 e. The Kier molecular flexibility index (Phi) is 3.49. The molecule has 0 aliphatic carbocycles. The van der Waals surface area contributed by atoms with Gasteiger partial charge >= 0.3 is 5.97 Å². The predicted octanol–water partition coefficient (Wildman–Crippen LogP) is 2.27. The second-order valence-electron chi connectivity index (χ2n) is 2.10. The second-order valence-corrected chi connectivity index (χ2v) is 3.42. The van der Waals surface area contributed by atoms with Gasteiger partial charge in [-0.15, -0.1) is 0 Å². The first-order valence-electron chi connectivity index (χ1n) is 3.49. The Morgan fingerprint density at radius 2 is 2.67 bits per heavy atom. The molecule has 12 heavy (non-hydrogen) atoms. The minimum Gasteiger partial charge on any atom is -0.442 e. The van der Waals surface area contributed by atoms with Crippen molar-refractivity contribution in [3.05, 3.63) is 17.1 Å². The summed E-state index contributed by atoms with van der Waals surface area (Å²) in [6.07, 6.45) is 2.16. The summed E-state index contributed by atoms with van der Waals surface area (Å²) < 4.78 is 8.61. The fourth-order valence-electron chi connectivity index (χ4n) is 0.579. The van der Waals surface area contributed by atoms with Crippen LogP contribution < -0.4 is 0 Å². The normalized spacial score (nSPS) is 12.5. The Labute approximate surface area is 79.5 Å². The van der Waals surface area contributed by atoms with E-state index in [0.29, 0.717) is 11.3 Å². The van der Waals surface area contributed by atoms with E-state index in [9.17, 15) is 4.79 Å². The average molecular weight is 206 g/mol. The number of rotatable bonds is 3. The number of hydrogen-bond donors (Lipinski definition) is 0. The highest BCUT2D eigenvalue weighted by Gasteiger charge is 2.12. The van der Waals surface area contributed by atoms with Crippen LogP contribution in [0.25, 0.3) is 0 Å². The van der Waals surface area contributed by atoms with Crippen LogP contribution in [-0.2, 0) is 4.74 Å². The van der Waals surface area contributed by atoms with Gasteiger partial charge in [-0.05, 0) is 24.0 Å². The van der Waals surface area contributed by atoms with Gasteiger partial charge < -0.3 is 4.74 Å². The molecule has 1 rings (SSSR count). The van der Waals surface area contributed by atoms with Crippen LogP contribution in [0, 0.1) is 0 Å². The first kappa shape index (κ1) is 9.48. The van der Waals surface area contributed by atoms with E-state index < -0.39 is 11.5 Å². The number of alkyl halides is 1. The van der Waals surface area contributed by atoms with Crippen molar-refractivity contribution in [3.8, 4) is 0 Å². The first-order chi connectivity index (χ1) is 5.74. The highest BCUT2D eigenvalue weighted by Crippen LogP contribution is 2.11. The van der Waals surface area contributed by atoms with E-state index in [4.69, 9.17) is 16.3 Å². The molecule has 1 unspecified atom stereocenters. The topological polar surface area (TPSA) is 39.2 Å². The summed E-state index contributed by atoms with van der Waals surface area (Å²) in [5, 5.41) is 0. The molecule has 0 saturated carbocycles. The van der Waals surface area contributed by atoms with Crippen LogP contribution >= 0.6 is 23.1 Å². The number of carbonyl (C=O) groups is 1. The van der Waals surface area contributed by atoms with Crippen LogP contribution in [0.5, 0.6) is 0 Å². The quantitative estimate of drug-likeness (QED) is 0.562. The molecule has 3 nitrogen and oxygen atoms in total. The monoisotopic (exact) mass is 205 g/mol. The number of aromatic nitrogens is 1. The lowest BCUT2D eigenvalue weighted by molar-refractivity contribution is 0.0449. The lowest BCUT2D eigenvalue weighted by atomic mass is 10.5. The fourth-order valence-corrected chi connectivity index (χ4v) is 1.14. The average Bonchev–Trinajstić information content (AvgIpc) is 2.56. The maximum absolute atomic E-state index is 11.1. The lowest BCUT2D eigenvalue weighted by Crippen LogP contribution is -2.10. The molecule has 0 radical (unpaired) electrons. The highest BCUT2D eigenvalue weighted by molar-refractivity contribution is 7.07. The molecule has 0 saturated heterocycles. The van der Waals surface area contributed by atoms with Crippen LogP contribution in [0.15, 0.2) is 12.3 Å². The number of nitrogens with zero attached hydrogens (tertiary/aromatic N) is 1. The van der Waals surface area contributed by atoms with Crippen molar-refractivity contribution in [2.45, 2.75) is 18.9 Å². The predicted molar refractivity (Wildman–Crippen MR) is 47.5 cm³/mol. The molecular formula is C7H8ClNO2S. The van der Waals surface area contributed by atoms with Crippen LogP contribution in [-0.4, -0.2) is 15.9 Å². The lowest BCUT2D eigenvalue weighted by Gasteiger charge is -2.06. The summed E-state index contributed by atoms with van der Waals surface area (Å²) >= 11 is 6.72. The van der Waals surface area contributed by atoms with Gasteiger partial charge in [0.15, 0.2) is 5.56 Å². The van der Waals surface area contributed by atoms with Crippen molar-refractivity contribution in [3.63, 3.8) is 0 Å². The third kappa shape index (κ3) is 2.46. The molecule has 66 valence electrons. The van der Waals surface area contributed by atoms with Gasteiger partial charge in [-0.25, -0.2) is 9.17 Å². The van der Waals surface area contributed by atoms with Crippen molar-refractivity contribution in [2.24, 2.45) is 0 Å². The number of ether oxygens (including phenoxy) is 1. The molecule has 0 fully saturated rings. The van der Waals surface area contributed by atoms with E-state index in [1.54, 1.807) is 12.3 Å². The molecule has 0 aliphatic heterocycles. The molecule has 1 heterocycles. The Bertz CT molecular complexity index is 250. The van der Waals surface area contributed by atoms with Gasteiger partial charge in [0.05, 0.1) is 0 Å². The van der Waals surface area contributed by atoms with Gasteiger partial charge in [-0.2, -0.15) is 0 Å². The van der Waals surface area contributed by atoms with Crippen LogP contribution in [0.2, 0.25) is 0 Å². The molecule has 1 aromatic heterocycles. The highest BCUT2D eigenvalue weighted by atomic mass is 35.5. The van der Waals surface area contributed by atoms with Crippen LogP contribution in [0.4, 0.5) is 0 Å². The van der Waals surface area contributed by atoms with E-state index in [-0.39, 0.29) is 0 Å². The minimum absolute atomic E-state index is 0.403. The fraction of sp³-hybridized carbons (Fsp3) is 0.429. The summed E-state index contributed by atoms with van der Waals surface area (Å²) in [7, 11) is 0. The van der Waals surface area contributed by atoms with E-state index in [1.807, 2.05) is 6.92 Å². The standard InChI is InChI=1S/C7H8ClNO2S/c1-2-6(8)11-7(10)5-3-4-9-12-5/h3-4,6H,2H2,1H3.